The second kappa shape index (κ2) is 8.82. The average Bonchev–Trinajstić information content (AvgIpc) is 2.57. The van der Waals surface area contributed by atoms with Crippen molar-refractivity contribution in [1.29, 1.82) is 0 Å². The quantitative estimate of drug-likeness (QED) is 0.809. The molecular weight excluding hydrogens is 323 g/mol. The molecule has 0 aliphatic rings. The molecule has 0 aliphatic carbocycles. The minimum absolute atomic E-state index is 0.0436. The molecule has 6 heteroatoms. The predicted molar refractivity (Wildman–Crippen MR) is 93.8 cm³/mol. The zero-order valence-electron chi connectivity index (χ0n) is 14.2. The third kappa shape index (κ3) is 5.31. The topological polar surface area (TPSA) is 67.4 Å². The summed E-state index contributed by atoms with van der Waals surface area (Å²) in [6.07, 6.45) is -0.0436. The maximum absolute atomic E-state index is 13.7. The molecule has 25 heavy (non-hydrogen) atoms. The van der Waals surface area contributed by atoms with Gasteiger partial charge in [-0.15, -0.1) is 0 Å². The van der Waals surface area contributed by atoms with Crippen LogP contribution in [-0.4, -0.2) is 18.4 Å². The Morgan fingerprint density at radius 3 is 2.48 bits per heavy atom. The van der Waals surface area contributed by atoms with Crippen molar-refractivity contribution in [2.24, 2.45) is 0 Å². The van der Waals surface area contributed by atoms with E-state index in [2.05, 4.69) is 10.6 Å². The molecule has 2 aromatic rings. The van der Waals surface area contributed by atoms with Gasteiger partial charge in [-0.2, -0.15) is 0 Å². The average molecular weight is 344 g/mol. The summed E-state index contributed by atoms with van der Waals surface area (Å²) < 4.78 is 19.3. The summed E-state index contributed by atoms with van der Waals surface area (Å²) in [4.78, 5) is 23.9. The lowest BCUT2D eigenvalue weighted by Crippen LogP contribution is -2.30. The summed E-state index contributed by atoms with van der Waals surface area (Å²) in [5.74, 6) is -0.589. The van der Waals surface area contributed by atoms with Gasteiger partial charge in [0.1, 0.15) is 11.6 Å². The fourth-order valence-corrected chi connectivity index (χ4v) is 2.49. The number of benzene rings is 2. The Bertz CT molecular complexity index is 749. The lowest BCUT2D eigenvalue weighted by molar-refractivity contribution is -0.120. The van der Waals surface area contributed by atoms with Crippen molar-refractivity contribution < 1.29 is 18.7 Å². The van der Waals surface area contributed by atoms with Gasteiger partial charge in [0, 0.05) is 12.5 Å². The molecule has 0 aliphatic heterocycles. The molecule has 0 spiro atoms. The standard InChI is InChI=1S/C19H21FN2O3/c1-3-25-18-11-7-4-8-14(18)17(21-13(2)23)12-19(24)22-16-10-6-5-9-15(16)20/h4-11,17H,3,12H2,1-2H3,(H,21,23)(H,22,24)/t17-/m0/s1. The number of ether oxygens (including phenoxy) is 1. The first kappa shape index (κ1) is 18.4. The van der Waals surface area contributed by atoms with Crippen LogP contribution in [-0.2, 0) is 9.59 Å². The van der Waals surface area contributed by atoms with E-state index in [0.717, 1.165) is 0 Å². The second-order valence-corrected chi connectivity index (χ2v) is 5.46. The second-order valence-electron chi connectivity index (χ2n) is 5.46. The molecular formula is C19H21FN2O3. The first-order chi connectivity index (χ1) is 12.0. The van der Waals surface area contributed by atoms with Gasteiger partial charge >= 0.3 is 0 Å². The Morgan fingerprint density at radius 1 is 1.12 bits per heavy atom. The van der Waals surface area contributed by atoms with Crippen molar-refractivity contribution in [3.8, 4) is 5.75 Å². The number of rotatable bonds is 7. The zero-order valence-corrected chi connectivity index (χ0v) is 14.2. The van der Waals surface area contributed by atoms with E-state index in [1.165, 1.54) is 19.1 Å². The number of carbonyl (C=O) groups excluding carboxylic acids is 2. The number of hydrogen-bond donors (Lipinski definition) is 2. The van der Waals surface area contributed by atoms with Crippen molar-refractivity contribution in [3.63, 3.8) is 0 Å². The zero-order chi connectivity index (χ0) is 18.2. The van der Waals surface area contributed by atoms with Gasteiger partial charge in [0.05, 0.1) is 24.8 Å². The van der Waals surface area contributed by atoms with Crippen LogP contribution in [0.4, 0.5) is 10.1 Å². The van der Waals surface area contributed by atoms with Crippen LogP contribution in [0.15, 0.2) is 48.5 Å². The maximum atomic E-state index is 13.7. The van der Waals surface area contributed by atoms with Crippen molar-refractivity contribution in [2.45, 2.75) is 26.3 Å². The van der Waals surface area contributed by atoms with Gasteiger partial charge in [0.25, 0.3) is 0 Å². The summed E-state index contributed by atoms with van der Waals surface area (Å²) >= 11 is 0. The molecule has 0 bridgehead atoms. The maximum Gasteiger partial charge on any atom is 0.226 e. The number of para-hydroxylation sites is 2. The van der Waals surface area contributed by atoms with Crippen molar-refractivity contribution >= 4 is 17.5 Å². The third-order valence-corrected chi connectivity index (χ3v) is 3.51. The smallest absolute Gasteiger partial charge is 0.226 e. The van der Waals surface area contributed by atoms with Crippen molar-refractivity contribution in [2.75, 3.05) is 11.9 Å². The van der Waals surface area contributed by atoms with Crippen LogP contribution in [0.2, 0.25) is 0 Å². The highest BCUT2D eigenvalue weighted by Crippen LogP contribution is 2.28. The van der Waals surface area contributed by atoms with E-state index in [4.69, 9.17) is 4.74 Å². The van der Waals surface area contributed by atoms with Crippen LogP contribution in [0.3, 0.4) is 0 Å². The van der Waals surface area contributed by atoms with Crippen LogP contribution in [0, 0.1) is 5.82 Å². The molecule has 0 saturated heterocycles. The van der Waals surface area contributed by atoms with Crippen LogP contribution >= 0.6 is 0 Å². The molecule has 0 heterocycles. The summed E-state index contributed by atoms with van der Waals surface area (Å²) in [5, 5.41) is 5.28. The Balaban J connectivity index is 2.19. The molecule has 1 atom stereocenters. The molecule has 0 aromatic heterocycles. The van der Waals surface area contributed by atoms with E-state index in [0.29, 0.717) is 17.9 Å². The molecule has 2 aromatic carbocycles. The number of carbonyl (C=O) groups is 2. The van der Waals surface area contributed by atoms with E-state index >= 15 is 0 Å². The Labute approximate surface area is 146 Å². The Morgan fingerprint density at radius 2 is 1.80 bits per heavy atom. The van der Waals surface area contributed by atoms with E-state index < -0.39 is 17.8 Å². The molecule has 132 valence electrons. The number of halogens is 1. The fraction of sp³-hybridized carbons (Fsp3) is 0.263. The molecule has 5 nitrogen and oxygen atoms in total. The van der Waals surface area contributed by atoms with Gasteiger partial charge in [0.2, 0.25) is 11.8 Å². The summed E-state index contributed by atoms with van der Waals surface area (Å²) in [6.45, 7) is 3.70. The summed E-state index contributed by atoms with van der Waals surface area (Å²) in [5.41, 5.74) is 0.801. The van der Waals surface area contributed by atoms with Crippen LogP contribution < -0.4 is 15.4 Å². The van der Waals surface area contributed by atoms with Gasteiger partial charge in [-0.25, -0.2) is 4.39 Å². The van der Waals surface area contributed by atoms with Crippen LogP contribution in [0.5, 0.6) is 5.75 Å². The first-order valence-electron chi connectivity index (χ1n) is 8.04. The van der Waals surface area contributed by atoms with E-state index in [9.17, 15) is 14.0 Å². The Kier molecular flexibility index (Phi) is 6.51. The van der Waals surface area contributed by atoms with Crippen LogP contribution in [0.1, 0.15) is 31.9 Å². The van der Waals surface area contributed by atoms with Gasteiger partial charge in [-0.05, 0) is 25.1 Å². The van der Waals surface area contributed by atoms with E-state index in [1.807, 2.05) is 13.0 Å². The first-order valence-corrected chi connectivity index (χ1v) is 8.04. The van der Waals surface area contributed by atoms with Gasteiger partial charge in [-0.3, -0.25) is 9.59 Å². The molecule has 0 radical (unpaired) electrons. The highest BCUT2D eigenvalue weighted by Gasteiger charge is 2.21. The van der Waals surface area contributed by atoms with Gasteiger partial charge < -0.3 is 15.4 Å². The molecule has 2 rings (SSSR count). The fourth-order valence-electron chi connectivity index (χ4n) is 2.49. The van der Waals surface area contributed by atoms with Gasteiger partial charge in [0.15, 0.2) is 0 Å². The minimum atomic E-state index is -0.577. The third-order valence-electron chi connectivity index (χ3n) is 3.51. The normalized spacial score (nSPS) is 11.5. The molecule has 0 fully saturated rings. The van der Waals surface area contributed by atoms with Crippen molar-refractivity contribution in [1.82, 2.24) is 5.32 Å². The van der Waals surface area contributed by atoms with Gasteiger partial charge in [-0.1, -0.05) is 30.3 Å². The lowest BCUT2D eigenvalue weighted by atomic mass is 10.0. The number of nitrogens with one attached hydrogen (secondary N) is 2. The summed E-state index contributed by atoms with van der Waals surface area (Å²) in [6, 6.07) is 12.6. The lowest BCUT2D eigenvalue weighted by Gasteiger charge is -2.21. The minimum Gasteiger partial charge on any atom is -0.494 e. The van der Waals surface area contributed by atoms with Crippen LogP contribution in [0.25, 0.3) is 0 Å². The highest BCUT2D eigenvalue weighted by molar-refractivity contribution is 5.91. The molecule has 0 saturated carbocycles. The van der Waals surface area contributed by atoms with E-state index in [1.54, 1.807) is 30.3 Å². The SMILES string of the molecule is CCOc1ccccc1[C@H](CC(=O)Nc1ccccc1F)NC(C)=O. The number of hydrogen-bond acceptors (Lipinski definition) is 3. The molecule has 2 amide bonds. The number of anilines is 1. The molecule has 2 N–H and O–H groups in total. The molecule has 0 unspecified atom stereocenters. The predicted octanol–water partition coefficient (Wildman–Crippen LogP) is 3.43. The summed E-state index contributed by atoms with van der Waals surface area (Å²) in [7, 11) is 0. The van der Waals surface area contributed by atoms with Crippen molar-refractivity contribution in [3.05, 3.63) is 59.9 Å². The van der Waals surface area contributed by atoms with E-state index in [-0.39, 0.29) is 18.0 Å². The largest absolute Gasteiger partial charge is 0.494 e. The Hall–Kier alpha value is -2.89. The number of amides is 2. The highest BCUT2D eigenvalue weighted by atomic mass is 19.1. The monoisotopic (exact) mass is 344 g/mol.